The molecular weight excluding hydrogens is 789 g/mol. The number of nitrogens with zero attached hydrogens (tertiary/aromatic N) is 6. The summed E-state index contributed by atoms with van der Waals surface area (Å²) in [6, 6.07) is 18.3. The van der Waals surface area contributed by atoms with Gasteiger partial charge in [-0.25, -0.2) is 4.98 Å². The number of amides is 4. The molecule has 3 N–H and O–H groups in total. The molecule has 3 aliphatic rings. The lowest BCUT2D eigenvalue weighted by Gasteiger charge is -2.39. The van der Waals surface area contributed by atoms with Gasteiger partial charge in [0, 0.05) is 82.7 Å². The van der Waals surface area contributed by atoms with Crippen molar-refractivity contribution in [2.75, 3.05) is 70.9 Å². The molecule has 4 amide bonds. The molecule has 2 aromatic heterocycles. The molecule has 4 aromatic rings. The Morgan fingerprint density at radius 2 is 1.66 bits per heavy atom. The third kappa shape index (κ3) is 12.2. The quantitative estimate of drug-likeness (QED) is 0.111. The van der Waals surface area contributed by atoms with Crippen molar-refractivity contribution in [2.45, 2.75) is 69.9 Å². The van der Waals surface area contributed by atoms with E-state index >= 15 is 0 Å². The van der Waals surface area contributed by atoms with Gasteiger partial charge in [-0.15, -0.1) is 0 Å². The average molecular weight is 847 g/mol. The zero-order valence-electron chi connectivity index (χ0n) is 35.4. The van der Waals surface area contributed by atoms with Crippen LogP contribution >= 0.6 is 0 Å². The largest absolute Gasteiger partial charge is 0.388 e. The van der Waals surface area contributed by atoms with E-state index in [-0.39, 0.29) is 41.7 Å². The second-order valence-electron chi connectivity index (χ2n) is 16.7. The van der Waals surface area contributed by atoms with Gasteiger partial charge in [-0.05, 0) is 93.3 Å². The lowest BCUT2D eigenvalue weighted by molar-refractivity contribution is -0.140. The standard InChI is InChI=1S/C47H58N8O7/c56-42(17-23-52-26-28-62-29-27-52)51-39-13-15-40-41(31-39)50-34-55(46(40)60)33-47(61)18-24-54(25-19-47)45(59)36(30-35-8-3-1-4-9-35)10-7-20-48-44(58)37-11-12-38(49-32-37)14-16-43(57)53-21-5-2-6-22-53/h1,3-4,8-9,11-16,31-32,34,36,61H,2,5-7,10,17-30,33H2,(H,48,58)(H,51,56)/b16-14+/t36-/m0/s1. The van der Waals surface area contributed by atoms with Crippen LogP contribution in [-0.2, 0) is 32.1 Å². The van der Waals surface area contributed by atoms with Gasteiger partial charge < -0.3 is 30.3 Å². The summed E-state index contributed by atoms with van der Waals surface area (Å²) in [4.78, 5) is 80.3. The van der Waals surface area contributed by atoms with E-state index in [2.05, 4.69) is 25.5 Å². The molecule has 15 nitrogen and oxygen atoms in total. The normalized spacial score (nSPS) is 17.5. The van der Waals surface area contributed by atoms with E-state index in [1.807, 2.05) is 35.2 Å². The van der Waals surface area contributed by atoms with E-state index in [0.717, 1.165) is 51.0 Å². The first-order valence-corrected chi connectivity index (χ1v) is 22.0. The molecular formula is C47H58N8O7. The van der Waals surface area contributed by atoms with Gasteiger partial charge in [0.2, 0.25) is 17.7 Å². The maximum Gasteiger partial charge on any atom is 0.261 e. The van der Waals surface area contributed by atoms with Gasteiger partial charge in [0.1, 0.15) is 0 Å². The van der Waals surface area contributed by atoms with Crippen molar-refractivity contribution < 1.29 is 29.0 Å². The molecule has 0 saturated carbocycles. The van der Waals surface area contributed by atoms with E-state index in [1.54, 1.807) is 41.3 Å². The van der Waals surface area contributed by atoms with Crippen LogP contribution in [0.15, 0.2) is 84.1 Å². The maximum absolute atomic E-state index is 14.1. The summed E-state index contributed by atoms with van der Waals surface area (Å²) in [5.74, 6) is -0.725. The molecule has 2 aromatic carbocycles. The summed E-state index contributed by atoms with van der Waals surface area (Å²) >= 11 is 0. The second kappa shape index (κ2) is 21.3. The molecule has 0 spiro atoms. The fourth-order valence-electron chi connectivity index (χ4n) is 8.41. The van der Waals surface area contributed by atoms with Crippen LogP contribution in [0.2, 0.25) is 0 Å². The van der Waals surface area contributed by atoms with Crippen LogP contribution in [0.25, 0.3) is 17.0 Å². The number of benzene rings is 2. The number of pyridine rings is 1. The van der Waals surface area contributed by atoms with Crippen LogP contribution in [0.1, 0.15) is 73.0 Å². The molecule has 15 heteroatoms. The van der Waals surface area contributed by atoms with Crippen molar-refractivity contribution >= 4 is 46.3 Å². The highest BCUT2D eigenvalue weighted by Gasteiger charge is 2.36. The molecule has 3 saturated heterocycles. The number of aromatic nitrogens is 3. The Morgan fingerprint density at radius 3 is 2.40 bits per heavy atom. The molecule has 62 heavy (non-hydrogen) atoms. The smallest absolute Gasteiger partial charge is 0.261 e. The fourth-order valence-corrected chi connectivity index (χ4v) is 8.41. The summed E-state index contributed by atoms with van der Waals surface area (Å²) in [6.45, 7) is 6.27. The number of nitrogens with one attached hydrogen (secondary N) is 2. The third-order valence-electron chi connectivity index (χ3n) is 12.1. The number of hydrogen-bond acceptors (Lipinski definition) is 10. The van der Waals surface area contributed by atoms with Crippen LogP contribution in [0.4, 0.5) is 5.69 Å². The second-order valence-corrected chi connectivity index (χ2v) is 16.7. The first-order chi connectivity index (χ1) is 30.1. The lowest BCUT2D eigenvalue weighted by Crippen LogP contribution is -2.51. The van der Waals surface area contributed by atoms with Gasteiger partial charge in [-0.3, -0.25) is 38.4 Å². The van der Waals surface area contributed by atoms with Crippen LogP contribution in [0, 0.1) is 5.92 Å². The topological polar surface area (TPSA) is 179 Å². The lowest BCUT2D eigenvalue weighted by atomic mass is 9.88. The monoisotopic (exact) mass is 846 g/mol. The Balaban J connectivity index is 0.890. The first kappa shape index (κ1) is 44.3. The SMILES string of the molecule is O=C(CCN1CCOCC1)Nc1ccc2c(=O)n(CC3(O)CCN(C(=O)[C@@H](CCCNC(=O)c4ccc(/C=C/C(=O)N5CCCCC5)nc4)Cc4ccccc4)CC3)cnc2c1. The molecule has 0 aliphatic carbocycles. The van der Waals surface area contributed by atoms with Gasteiger partial charge in [-0.1, -0.05) is 30.3 Å². The summed E-state index contributed by atoms with van der Waals surface area (Å²) in [6.07, 6.45) is 12.0. The van der Waals surface area contributed by atoms with E-state index in [9.17, 15) is 29.1 Å². The Labute approximate surface area is 362 Å². The van der Waals surface area contributed by atoms with E-state index in [4.69, 9.17) is 4.74 Å². The molecule has 5 heterocycles. The molecule has 7 rings (SSSR count). The van der Waals surface area contributed by atoms with Crippen LogP contribution < -0.4 is 16.2 Å². The van der Waals surface area contributed by atoms with Crippen LogP contribution in [0.3, 0.4) is 0 Å². The fraction of sp³-hybridized carbons (Fsp3) is 0.468. The summed E-state index contributed by atoms with van der Waals surface area (Å²) in [5, 5.41) is 17.9. The Hall–Kier alpha value is -5.77. The highest BCUT2D eigenvalue weighted by atomic mass is 16.5. The Morgan fingerprint density at radius 1 is 0.887 bits per heavy atom. The number of morpholine rings is 1. The predicted octanol–water partition coefficient (Wildman–Crippen LogP) is 3.90. The highest BCUT2D eigenvalue weighted by molar-refractivity contribution is 5.95. The van der Waals surface area contributed by atoms with Crippen molar-refractivity contribution in [3.63, 3.8) is 0 Å². The molecule has 0 bridgehead atoms. The van der Waals surface area contributed by atoms with Crippen LogP contribution in [0.5, 0.6) is 0 Å². The number of ether oxygens (including phenoxy) is 1. The molecule has 0 unspecified atom stereocenters. The van der Waals surface area contributed by atoms with Crippen molar-refractivity contribution in [3.05, 3.63) is 106 Å². The number of fused-ring (bicyclic) bond motifs is 1. The molecule has 0 radical (unpaired) electrons. The summed E-state index contributed by atoms with van der Waals surface area (Å²) < 4.78 is 6.80. The average Bonchev–Trinajstić information content (AvgIpc) is 3.30. The minimum atomic E-state index is -1.21. The number of carbonyl (C=O) groups excluding carboxylic acids is 4. The van der Waals surface area contributed by atoms with Crippen molar-refractivity contribution in [2.24, 2.45) is 5.92 Å². The maximum atomic E-state index is 14.1. The zero-order chi connectivity index (χ0) is 43.3. The summed E-state index contributed by atoms with van der Waals surface area (Å²) in [5.41, 5.74) is 1.56. The number of aliphatic hydroxyl groups is 1. The molecule has 3 aliphatic heterocycles. The molecule has 3 fully saturated rings. The summed E-state index contributed by atoms with van der Waals surface area (Å²) in [7, 11) is 0. The first-order valence-electron chi connectivity index (χ1n) is 22.0. The number of carbonyl (C=O) groups is 4. The van der Waals surface area contributed by atoms with Gasteiger partial charge in [-0.2, -0.15) is 0 Å². The predicted molar refractivity (Wildman–Crippen MR) is 236 cm³/mol. The van der Waals surface area contributed by atoms with Gasteiger partial charge >= 0.3 is 0 Å². The number of hydrogen-bond donors (Lipinski definition) is 3. The minimum absolute atomic E-state index is 0.00219. The third-order valence-corrected chi connectivity index (χ3v) is 12.1. The van der Waals surface area contributed by atoms with Crippen molar-refractivity contribution in [1.29, 1.82) is 0 Å². The van der Waals surface area contributed by atoms with E-state index in [1.165, 1.54) is 23.2 Å². The Bertz CT molecular complexity index is 2240. The number of rotatable bonds is 16. The number of piperidine rings is 2. The van der Waals surface area contributed by atoms with E-state index in [0.29, 0.717) is 106 Å². The van der Waals surface area contributed by atoms with Gasteiger partial charge in [0.05, 0.1) is 53.8 Å². The van der Waals surface area contributed by atoms with E-state index < -0.39 is 5.60 Å². The van der Waals surface area contributed by atoms with Crippen LogP contribution in [-0.4, -0.2) is 129 Å². The van der Waals surface area contributed by atoms with Gasteiger partial charge in [0.25, 0.3) is 11.5 Å². The van der Waals surface area contributed by atoms with Gasteiger partial charge in [0.15, 0.2) is 0 Å². The van der Waals surface area contributed by atoms with Crippen molar-refractivity contribution in [1.82, 2.24) is 34.6 Å². The number of anilines is 1. The molecule has 1 atom stereocenters. The minimum Gasteiger partial charge on any atom is -0.388 e. The zero-order valence-corrected chi connectivity index (χ0v) is 35.4. The Kier molecular flexibility index (Phi) is 15.2. The molecule has 328 valence electrons. The highest BCUT2D eigenvalue weighted by Crippen LogP contribution is 2.27. The number of likely N-dealkylation sites (tertiary alicyclic amines) is 2. The van der Waals surface area contributed by atoms with Crippen molar-refractivity contribution in [3.8, 4) is 0 Å².